The van der Waals surface area contributed by atoms with E-state index in [-0.39, 0.29) is 5.78 Å². The molecule has 0 radical (unpaired) electrons. The van der Waals surface area contributed by atoms with Gasteiger partial charge in [-0.3, -0.25) is 9.78 Å². The summed E-state index contributed by atoms with van der Waals surface area (Å²) in [6.07, 6.45) is -49.5. The van der Waals surface area contributed by atoms with Gasteiger partial charge in [-0.05, 0) is 36.4 Å². The molecule has 0 spiro atoms. The molecule has 0 aliphatic rings. The van der Waals surface area contributed by atoms with Gasteiger partial charge in [0.15, 0.2) is 6.20 Å². The number of ketones is 1. The summed E-state index contributed by atoms with van der Waals surface area (Å²) in [6, 6.07) is 10.5. The molecule has 6 aromatic carbocycles. The maximum absolute atomic E-state index is 14.2. The van der Waals surface area contributed by atoms with Gasteiger partial charge in [-0.25, -0.2) is 0 Å². The molecule has 28 heteroatoms. The highest BCUT2D eigenvalue weighted by Gasteiger charge is 2.47. The molecule has 78 heavy (non-hydrogen) atoms. The van der Waals surface area contributed by atoms with Crippen LogP contribution in [-0.4, -0.2) is 16.9 Å². The minimum Gasteiger partial charge on any atom is -0.287 e. The van der Waals surface area contributed by atoms with Gasteiger partial charge in [-0.2, -0.15) is 132 Å². The summed E-state index contributed by atoms with van der Waals surface area (Å²) in [6.45, 7) is 0.302. The lowest BCUT2D eigenvalue weighted by Gasteiger charge is -2.46. The zero-order valence-electron chi connectivity index (χ0n) is 38.1. The van der Waals surface area contributed by atoms with Crippen molar-refractivity contribution in [2.45, 2.75) is 56.0 Å². The fourth-order valence-electron chi connectivity index (χ4n) is 8.31. The summed E-state index contributed by atoms with van der Waals surface area (Å²) >= 11 is 0. The van der Waals surface area contributed by atoms with Gasteiger partial charge < -0.3 is 0 Å². The van der Waals surface area contributed by atoms with Gasteiger partial charge in [0.05, 0.1) is 56.9 Å². The Kier molecular flexibility index (Phi) is 16.1. The number of carbonyl (C=O) groups is 1. The second-order valence-electron chi connectivity index (χ2n) is 17.0. The molecule has 414 valence electrons. The SMILES string of the molecule is FC(F)(F)c1cc([B-](c2cc(C(F)(F)F)cc(C(F)(F)F)c2)(c2cc(C(F)(F)F)cc(C(F)(F)F)c2)c2cc(C(F)(F)F)cc(C(F)(F)F)c2)cc(C(F)(F)F)c1.O=C(C[n+]1ccncc1-c1ccccc1)c1ccccc1. The number of halogens is 24. The van der Waals surface area contributed by atoms with Gasteiger partial charge in [0, 0.05) is 11.1 Å². The molecule has 1 aromatic heterocycles. The van der Waals surface area contributed by atoms with E-state index in [4.69, 9.17) is 0 Å². The van der Waals surface area contributed by atoms with Crippen molar-refractivity contribution in [2.75, 3.05) is 0 Å². The number of hydrogen-bond acceptors (Lipinski definition) is 2. The molecule has 0 aliphatic carbocycles. The molecule has 0 bridgehead atoms. The molecular weight excluding hydrogens is 1110 g/mol. The number of alkyl halides is 24. The average Bonchev–Trinajstić information content (AvgIpc) is 3.36. The third-order valence-corrected chi connectivity index (χ3v) is 11.8. The molecule has 0 saturated carbocycles. The van der Waals surface area contributed by atoms with E-state index in [2.05, 4.69) is 4.98 Å². The first-order valence-corrected chi connectivity index (χ1v) is 21.4. The third-order valence-electron chi connectivity index (χ3n) is 11.8. The number of hydrogen-bond donors (Lipinski definition) is 0. The van der Waals surface area contributed by atoms with Crippen molar-refractivity contribution in [1.82, 2.24) is 4.98 Å². The molecule has 0 atom stereocenters. The van der Waals surface area contributed by atoms with E-state index in [1.54, 1.807) is 12.4 Å². The summed E-state index contributed by atoms with van der Waals surface area (Å²) < 4.78 is 343. The van der Waals surface area contributed by atoms with Crippen LogP contribution in [0.2, 0.25) is 0 Å². The summed E-state index contributed by atoms with van der Waals surface area (Å²) in [5, 5.41) is 0. The predicted octanol–water partition coefficient (Wildman–Crippen LogP) is 14.1. The lowest BCUT2D eigenvalue weighted by atomic mass is 9.12. The van der Waals surface area contributed by atoms with Crippen LogP contribution in [0.25, 0.3) is 11.3 Å². The lowest BCUT2D eigenvalue weighted by Crippen LogP contribution is -2.75. The van der Waals surface area contributed by atoms with Gasteiger partial charge in [-0.15, -0.1) is 0 Å². The number of Topliss-reactive ketones (excluding diaryl/α,β-unsaturated/α-hetero) is 1. The topological polar surface area (TPSA) is 33.8 Å². The van der Waals surface area contributed by atoms with Crippen LogP contribution in [-0.2, 0) is 56.0 Å². The minimum atomic E-state index is -6.13. The Morgan fingerprint density at radius 1 is 0.372 bits per heavy atom. The molecule has 0 aliphatic heterocycles. The normalized spacial score (nSPS) is 13.2. The van der Waals surface area contributed by atoms with E-state index in [1.165, 1.54) is 0 Å². The Bertz CT molecular complexity index is 2840. The summed E-state index contributed by atoms with van der Waals surface area (Å²) in [5.41, 5.74) is -27.5. The van der Waals surface area contributed by atoms with Crippen molar-refractivity contribution in [3.05, 3.63) is 202 Å². The van der Waals surface area contributed by atoms with E-state index in [0.29, 0.717) is 6.54 Å². The van der Waals surface area contributed by atoms with Crippen molar-refractivity contribution in [2.24, 2.45) is 0 Å². The Morgan fingerprint density at radius 3 is 0.885 bits per heavy atom. The van der Waals surface area contributed by atoms with Crippen LogP contribution in [0.3, 0.4) is 0 Å². The quantitative estimate of drug-likeness (QED) is 0.0658. The zero-order valence-corrected chi connectivity index (χ0v) is 38.1. The van der Waals surface area contributed by atoms with E-state index < -0.39 is 195 Å². The van der Waals surface area contributed by atoms with Crippen molar-refractivity contribution in [3.63, 3.8) is 0 Å². The number of benzene rings is 6. The van der Waals surface area contributed by atoms with Crippen molar-refractivity contribution < 1.29 is 115 Å². The highest BCUT2D eigenvalue weighted by molar-refractivity contribution is 7.20. The van der Waals surface area contributed by atoms with Gasteiger partial charge in [-0.1, -0.05) is 97.1 Å². The van der Waals surface area contributed by atoms with Gasteiger partial charge in [0.1, 0.15) is 6.15 Å². The van der Waals surface area contributed by atoms with E-state index >= 15 is 0 Å². The first kappa shape index (κ1) is 59.7. The number of carbonyl (C=O) groups excluding carboxylic acids is 1. The van der Waals surface area contributed by atoms with Crippen LogP contribution in [0.4, 0.5) is 105 Å². The fraction of sp³-hybridized carbons (Fsp3) is 0.180. The smallest absolute Gasteiger partial charge is 0.287 e. The standard InChI is InChI=1S/C32H12BF24.C18H15N2O/c34-25(35,36)13-1-14(26(37,38)39)6-21(5-13)33(22-7-15(27(40,41)42)2-16(8-22)28(43,44)45,23-9-17(29(46,47)48)3-18(10-23)30(49,50)51)24-11-19(31(52,53)54)4-20(12-24)32(55,56)57;21-18(16-9-5-2-6-10-16)14-20-12-11-19-13-17(20)15-7-3-1-4-8-15/h1-12H;1-13H,14H2/q-1;+1. The highest BCUT2D eigenvalue weighted by Crippen LogP contribution is 2.41. The van der Waals surface area contributed by atoms with Crippen molar-refractivity contribution >= 4 is 33.8 Å². The number of aromatic nitrogens is 2. The van der Waals surface area contributed by atoms with Crippen molar-refractivity contribution in [1.29, 1.82) is 0 Å². The number of nitrogens with zero attached hydrogens (tertiary/aromatic N) is 2. The summed E-state index contributed by atoms with van der Waals surface area (Å²) in [4.78, 5) is 16.5. The van der Waals surface area contributed by atoms with Crippen LogP contribution >= 0.6 is 0 Å². The highest BCUT2D eigenvalue weighted by atomic mass is 19.4. The summed E-state index contributed by atoms with van der Waals surface area (Å²) in [7, 11) is 0. The van der Waals surface area contributed by atoms with Crippen LogP contribution in [0, 0.1) is 0 Å². The molecule has 0 amide bonds. The largest absolute Gasteiger partial charge is 0.416 e. The third kappa shape index (κ3) is 13.6. The monoisotopic (exact) mass is 1140 g/mol. The Balaban J connectivity index is 0.000000387. The fourth-order valence-corrected chi connectivity index (χ4v) is 8.31. The van der Waals surface area contributed by atoms with Crippen LogP contribution in [0.15, 0.2) is 152 Å². The molecule has 0 unspecified atom stereocenters. The predicted molar refractivity (Wildman–Crippen MR) is 231 cm³/mol. The molecule has 0 saturated heterocycles. The average molecular weight is 1140 g/mol. The first-order chi connectivity index (χ1) is 35.6. The van der Waals surface area contributed by atoms with Gasteiger partial charge in [0.2, 0.25) is 18.0 Å². The van der Waals surface area contributed by atoms with E-state index in [1.807, 2.05) is 71.4 Å². The molecular formula is C50H27BF24N2O. The molecule has 7 aromatic rings. The van der Waals surface area contributed by atoms with Crippen LogP contribution in [0.5, 0.6) is 0 Å². The van der Waals surface area contributed by atoms with Crippen LogP contribution < -0.4 is 26.4 Å². The Morgan fingerprint density at radius 2 is 0.628 bits per heavy atom. The Hall–Kier alpha value is -7.55. The van der Waals surface area contributed by atoms with Crippen LogP contribution in [0.1, 0.15) is 54.9 Å². The zero-order chi connectivity index (χ0) is 58.4. The maximum Gasteiger partial charge on any atom is 0.416 e. The Labute approximate surface area is 422 Å². The molecule has 3 nitrogen and oxygen atoms in total. The van der Waals surface area contributed by atoms with Gasteiger partial charge >= 0.3 is 49.4 Å². The second kappa shape index (κ2) is 21.0. The van der Waals surface area contributed by atoms with Crippen molar-refractivity contribution in [3.8, 4) is 11.3 Å². The molecule has 0 N–H and O–H groups in total. The molecule has 1 heterocycles. The van der Waals surface area contributed by atoms with Gasteiger partial charge in [0.25, 0.3) is 0 Å². The molecule has 0 fully saturated rings. The summed E-state index contributed by atoms with van der Waals surface area (Å²) in [5.74, 6) is 0.0870. The minimum absolute atomic E-state index is 0.0870. The second-order valence-corrected chi connectivity index (χ2v) is 17.0. The maximum atomic E-state index is 14.2. The molecule has 7 rings (SSSR count). The van der Waals surface area contributed by atoms with E-state index in [9.17, 15) is 110 Å². The van der Waals surface area contributed by atoms with E-state index in [0.717, 1.165) is 16.8 Å². The number of rotatable bonds is 8. The first-order valence-electron chi connectivity index (χ1n) is 21.4. The lowest BCUT2D eigenvalue weighted by molar-refractivity contribution is -0.672.